The molecule has 7 nitrogen and oxygen atoms in total. The number of H-pyrrole nitrogens is 1. The first-order chi connectivity index (χ1) is 16.2. The molecule has 4 aromatic rings. The molecule has 2 aromatic carbocycles. The van der Waals surface area contributed by atoms with E-state index in [0.717, 1.165) is 22.4 Å². The highest BCUT2D eigenvalue weighted by atomic mass is 16.2. The van der Waals surface area contributed by atoms with Crippen LogP contribution in [0.25, 0.3) is 11.0 Å². The molecule has 2 amide bonds. The zero-order valence-electron chi connectivity index (χ0n) is 18.0. The fraction of sp³-hybridized carbons (Fsp3) is 0.231. The highest BCUT2D eigenvalue weighted by molar-refractivity contribution is 6.06. The van der Waals surface area contributed by atoms with Crippen molar-refractivity contribution in [2.75, 3.05) is 18.0 Å². The summed E-state index contributed by atoms with van der Waals surface area (Å²) in [6.07, 6.45) is 4.64. The number of β-lactam (4-membered cyclic amide) rings is 1. The number of benzene rings is 2. The van der Waals surface area contributed by atoms with Crippen molar-refractivity contribution in [2.24, 2.45) is 5.41 Å². The Hall–Kier alpha value is -4.00. The molecule has 2 aliphatic heterocycles. The number of aromatic amines is 1. The molecule has 1 atom stereocenters. The summed E-state index contributed by atoms with van der Waals surface area (Å²) in [5, 5.41) is 0. The Morgan fingerprint density at radius 1 is 0.970 bits per heavy atom. The number of aromatic nitrogens is 3. The van der Waals surface area contributed by atoms with Crippen molar-refractivity contribution in [3.63, 3.8) is 0 Å². The molecule has 7 heteroatoms. The largest absolute Gasteiger partial charge is 0.345 e. The van der Waals surface area contributed by atoms with E-state index >= 15 is 0 Å². The van der Waals surface area contributed by atoms with Gasteiger partial charge in [-0.05, 0) is 55.3 Å². The van der Waals surface area contributed by atoms with Gasteiger partial charge in [0, 0.05) is 30.5 Å². The number of pyridine rings is 1. The Kier molecular flexibility index (Phi) is 4.50. The first kappa shape index (κ1) is 19.7. The third-order valence-corrected chi connectivity index (χ3v) is 7.04. The standard InChI is InChI=1S/C26H23N5O2/c32-24(18-9-10-20-22(16-18)29-17-28-20)30-14-11-26(12-15-30)23(21-8-4-5-13-27-21)31(25(26)33)19-6-2-1-3-7-19/h1-10,13,16-17,23H,11-12,14-15H2,(H,28,29). The van der Waals surface area contributed by atoms with Crippen LogP contribution in [0, 0.1) is 5.41 Å². The molecule has 0 aliphatic carbocycles. The maximum atomic E-state index is 13.6. The molecule has 6 rings (SSSR count). The first-order valence-electron chi connectivity index (χ1n) is 11.2. The number of hydrogen-bond acceptors (Lipinski definition) is 4. The molecular formula is C26H23N5O2. The minimum absolute atomic E-state index is 0.0116. The molecule has 0 saturated carbocycles. The van der Waals surface area contributed by atoms with Gasteiger partial charge in [0.1, 0.15) is 0 Å². The topological polar surface area (TPSA) is 82.2 Å². The number of likely N-dealkylation sites (tertiary alicyclic amines) is 1. The van der Waals surface area contributed by atoms with Crippen LogP contribution in [-0.4, -0.2) is 44.8 Å². The number of hydrogen-bond donors (Lipinski definition) is 1. The zero-order chi connectivity index (χ0) is 22.4. The molecule has 2 saturated heterocycles. The summed E-state index contributed by atoms with van der Waals surface area (Å²) in [6.45, 7) is 1.08. The maximum absolute atomic E-state index is 13.6. The molecule has 4 heterocycles. The van der Waals surface area contributed by atoms with E-state index in [9.17, 15) is 9.59 Å². The van der Waals surface area contributed by atoms with Gasteiger partial charge in [-0.1, -0.05) is 24.3 Å². The van der Waals surface area contributed by atoms with E-state index in [1.807, 2.05) is 76.5 Å². The monoisotopic (exact) mass is 437 g/mol. The van der Waals surface area contributed by atoms with Gasteiger partial charge >= 0.3 is 0 Å². The third-order valence-electron chi connectivity index (χ3n) is 7.04. The predicted molar refractivity (Wildman–Crippen MR) is 125 cm³/mol. The number of carbonyl (C=O) groups excluding carboxylic acids is 2. The van der Waals surface area contributed by atoms with Crippen LogP contribution in [0.5, 0.6) is 0 Å². The second-order valence-electron chi connectivity index (χ2n) is 8.75. The second-order valence-corrected chi connectivity index (χ2v) is 8.75. The van der Waals surface area contributed by atoms with Gasteiger partial charge in [-0.2, -0.15) is 0 Å². The zero-order valence-corrected chi connectivity index (χ0v) is 18.0. The highest BCUT2D eigenvalue weighted by Crippen LogP contribution is 2.57. The molecule has 33 heavy (non-hydrogen) atoms. The summed E-state index contributed by atoms with van der Waals surface area (Å²) < 4.78 is 0. The van der Waals surface area contributed by atoms with Gasteiger partial charge in [-0.25, -0.2) is 4.98 Å². The van der Waals surface area contributed by atoms with E-state index in [0.29, 0.717) is 31.5 Å². The van der Waals surface area contributed by atoms with Crippen LogP contribution >= 0.6 is 0 Å². The fourth-order valence-electron chi connectivity index (χ4n) is 5.31. The summed E-state index contributed by atoms with van der Waals surface area (Å²) in [5.41, 5.74) is 3.56. The highest BCUT2D eigenvalue weighted by Gasteiger charge is 2.62. The van der Waals surface area contributed by atoms with Gasteiger partial charge in [0.2, 0.25) is 5.91 Å². The van der Waals surface area contributed by atoms with Crippen molar-refractivity contribution in [3.05, 3.63) is 90.5 Å². The molecule has 0 bridgehead atoms. The van der Waals surface area contributed by atoms with E-state index in [-0.39, 0.29) is 17.9 Å². The molecule has 1 spiro atoms. The third kappa shape index (κ3) is 3.03. The average molecular weight is 438 g/mol. The molecule has 2 aliphatic rings. The van der Waals surface area contributed by atoms with Crippen LogP contribution in [0.4, 0.5) is 5.69 Å². The first-order valence-corrected chi connectivity index (χ1v) is 11.2. The van der Waals surface area contributed by atoms with E-state index in [1.165, 1.54) is 0 Å². The van der Waals surface area contributed by atoms with Crippen molar-refractivity contribution < 1.29 is 9.59 Å². The van der Waals surface area contributed by atoms with Gasteiger partial charge in [0.05, 0.1) is 34.5 Å². The number of fused-ring (bicyclic) bond motifs is 1. The van der Waals surface area contributed by atoms with Gasteiger partial charge in [-0.15, -0.1) is 0 Å². The number of piperidine rings is 1. The average Bonchev–Trinajstić information content (AvgIpc) is 3.35. The number of carbonyl (C=O) groups is 2. The number of rotatable bonds is 3. The number of anilines is 1. The SMILES string of the molecule is O=C(c1ccc2nc[nH]c2c1)N1CCC2(CC1)C(=O)N(c1ccccc1)C2c1ccccn1. The van der Waals surface area contributed by atoms with E-state index in [4.69, 9.17) is 0 Å². The minimum atomic E-state index is -0.533. The lowest BCUT2D eigenvalue weighted by Gasteiger charge is -2.58. The van der Waals surface area contributed by atoms with Crippen molar-refractivity contribution in [1.29, 1.82) is 0 Å². The predicted octanol–water partition coefficient (Wildman–Crippen LogP) is 3.97. The van der Waals surface area contributed by atoms with E-state index in [1.54, 1.807) is 12.5 Å². The summed E-state index contributed by atoms with van der Waals surface area (Å²) in [4.78, 5) is 42.4. The van der Waals surface area contributed by atoms with Crippen molar-refractivity contribution in [1.82, 2.24) is 19.9 Å². The number of amides is 2. The normalized spacial score (nSPS) is 19.6. The van der Waals surface area contributed by atoms with Gasteiger partial charge in [0.15, 0.2) is 0 Å². The summed E-state index contributed by atoms with van der Waals surface area (Å²) in [6, 6.07) is 21.0. The van der Waals surface area contributed by atoms with Crippen LogP contribution in [0.2, 0.25) is 0 Å². The van der Waals surface area contributed by atoms with Crippen LogP contribution < -0.4 is 4.90 Å². The van der Waals surface area contributed by atoms with Gasteiger partial charge < -0.3 is 14.8 Å². The van der Waals surface area contributed by atoms with Crippen LogP contribution in [0.3, 0.4) is 0 Å². The summed E-state index contributed by atoms with van der Waals surface area (Å²) in [7, 11) is 0. The number of nitrogens with zero attached hydrogens (tertiary/aromatic N) is 4. The fourth-order valence-corrected chi connectivity index (χ4v) is 5.31. The molecule has 0 radical (unpaired) electrons. The lowest BCUT2D eigenvalue weighted by molar-refractivity contribution is -0.144. The van der Waals surface area contributed by atoms with Crippen molar-refractivity contribution >= 4 is 28.5 Å². The van der Waals surface area contributed by atoms with Crippen molar-refractivity contribution in [2.45, 2.75) is 18.9 Å². The summed E-state index contributed by atoms with van der Waals surface area (Å²) >= 11 is 0. The second kappa shape index (κ2) is 7.55. The molecule has 2 aromatic heterocycles. The maximum Gasteiger partial charge on any atom is 0.253 e. The van der Waals surface area contributed by atoms with Gasteiger partial charge in [-0.3, -0.25) is 14.6 Å². The van der Waals surface area contributed by atoms with Crippen LogP contribution in [0.15, 0.2) is 79.3 Å². The molecule has 164 valence electrons. The Labute approximate surface area is 191 Å². The Bertz CT molecular complexity index is 1330. The summed E-state index contributed by atoms with van der Waals surface area (Å²) in [5.74, 6) is 0.109. The smallest absolute Gasteiger partial charge is 0.253 e. The Morgan fingerprint density at radius 2 is 1.76 bits per heavy atom. The van der Waals surface area contributed by atoms with E-state index < -0.39 is 5.41 Å². The van der Waals surface area contributed by atoms with E-state index in [2.05, 4.69) is 15.0 Å². The van der Waals surface area contributed by atoms with Gasteiger partial charge in [0.25, 0.3) is 5.91 Å². The van der Waals surface area contributed by atoms with Crippen molar-refractivity contribution in [3.8, 4) is 0 Å². The lowest BCUT2D eigenvalue weighted by Crippen LogP contribution is -2.67. The quantitative estimate of drug-likeness (QED) is 0.492. The minimum Gasteiger partial charge on any atom is -0.345 e. The lowest BCUT2D eigenvalue weighted by atomic mass is 9.63. The molecule has 1 N–H and O–H groups in total. The molecular weight excluding hydrogens is 414 g/mol. The number of nitrogens with one attached hydrogen (secondary N) is 1. The van der Waals surface area contributed by atoms with Crippen LogP contribution in [0.1, 0.15) is 34.9 Å². The Balaban J connectivity index is 1.27. The molecule has 2 fully saturated rings. The number of imidazole rings is 1. The van der Waals surface area contributed by atoms with Crippen LogP contribution in [-0.2, 0) is 4.79 Å². The molecule has 1 unspecified atom stereocenters. The Morgan fingerprint density at radius 3 is 2.52 bits per heavy atom. The number of para-hydroxylation sites is 1.